The van der Waals surface area contributed by atoms with Crippen molar-refractivity contribution in [1.29, 1.82) is 0 Å². The molecular formula is C18H17F3N2O2. The summed E-state index contributed by atoms with van der Waals surface area (Å²) in [6, 6.07) is 9.57. The van der Waals surface area contributed by atoms with E-state index in [9.17, 15) is 22.8 Å². The molecule has 0 aromatic heterocycles. The summed E-state index contributed by atoms with van der Waals surface area (Å²) in [5.41, 5.74) is 1.73. The van der Waals surface area contributed by atoms with Crippen LogP contribution in [0, 0.1) is 13.8 Å². The van der Waals surface area contributed by atoms with Crippen molar-refractivity contribution in [2.45, 2.75) is 26.4 Å². The number of nitrogens with one attached hydrogen (secondary N) is 2. The summed E-state index contributed by atoms with van der Waals surface area (Å²) in [6.45, 7) is 3.83. The normalized spacial score (nSPS) is 11.1. The highest BCUT2D eigenvalue weighted by Gasteiger charge is 2.30. The van der Waals surface area contributed by atoms with Crippen LogP contribution in [0.1, 0.15) is 23.1 Å². The van der Waals surface area contributed by atoms with Crippen LogP contribution in [0.5, 0.6) is 0 Å². The maximum Gasteiger partial charge on any atom is 0.416 e. The Bertz CT molecular complexity index is 801. The zero-order valence-corrected chi connectivity index (χ0v) is 13.7. The maximum atomic E-state index is 12.6. The predicted octanol–water partition coefficient (Wildman–Crippen LogP) is 4.29. The van der Waals surface area contributed by atoms with E-state index in [1.165, 1.54) is 12.1 Å². The van der Waals surface area contributed by atoms with Crippen LogP contribution in [-0.4, -0.2) is 11.8 Å². The average Bonchev–Trinajstić information content (AvgIpc) is 2.50. The van der Waals surface area contributed by atoms with Crippen molar-refractivity contribution >= 4 is 23.2 Å². The van der Waals surface area contributed by atoms with E-state index in [-0.39, 0.29) is 5.69 Å². The summed E-state index contributed by atoms with van der Waals surface area (Å²) in [4.78, 5) is 23.7. The van der Waals surface area contributed by atoms with Crippen LogP contribution in [0.3, 0.4) is 0 Å². The molecule has 0 aliphatic rings. The molecule has 25 heavy (non-hydrogen) atoms. The molecule has 2 amide bonds. The summed E-state index contributed by atoms with van der Waals surface area (Å²) in [6.07, 6.45) is -5.00. The van der Waals surface area contributed by atoms with E-state index in [1.807, 2.05) is 19.9 Å². The Hall–Kier alpha value is -2.83. The maximum absolute atomic E-state index is 12.6. The lowest BCUT2D eigenvalue weighted by atomic mass is 10.1. The first-order valence-electron chi connectivity index (χ1n) is 7.49. The van der Waals surface area contributed by atoms with Crippen molar-refractivity contribution in [3.63, 3.8) is 0 Å². The molecule has 0 saturated carbocycles. The Labute approximate surface area is 143 Å². The van der Waals surface area contributed by atoms with Crippen LogP contribution >= 0.6 is 0 Å². The first-order valence-corrected chi connectivity index (χ1v) is 7.49. The molecule has 0 unspecified atom stereocenters. The first kappa shape index (κ1) is 18.5. The van der Waals surface area contributed by atoms with Gasteiger partial charge in [0.15, 0.2) is 0 Å². The van der Waals surface area contributed by atoms with Gasteiger partial charge in [-0.1, -0.05) is 12.1 Å². The number of halogens is 3. The van der Waals surface area contributed by atoms with E-state index >= 15 is 0 Å². The number of hydrogen-bond acceptors (Lipinski definition) is 2. The van der Waals surface area contributed by atoms with Gasteiger partial charge in [-0.15, -0.1) is 0 Å². The summed E-state index contributed by atoms with van der Waals surface area (Å²) in [7, 11) is 0. The third kappa shape index (κ3) is 5.34. The van der Waals surface area contributed by atoms with Crippen LogP contribution in [0.4, 0.5) is 24.5 Å². The van der Waals surface area contributed by atoms with Gasteiger partial charge in [0.25, 0.3) is 0 Å². The van der Waals surface area contributed by atoms with Gasteiger partial charge in [-0.05, 0) is 55.3 Å². The van der Waals surface area contributed by atoms with Crippen LogP contribution in [0.2, 0.25) is 0 Å². The van der Waals surface area contributed by atoms with Gasteiger partial charge in [-0.3, -0.25) is 9.59 Å². The van der Waals surface area contributed by atoms with Crippen molar-refractivity contribution in [3.8, 4) is 0 Å². The fourth-order valence-electron chi connectivity index (χ4n) is 2.15. The summed E-state index contributed by atoms with van der Waals surface area (Å²) >= 11 is 0. The molecule has 0 heterocycles. The van der Waals surface area contributed by atoms with E-state index < -0.39 is 30.0 Å². The van der Waals surface area contributed by atoms with Gasteiger partial charge in [0.05, 0.1) is 5.56 Å². The lowest BCUT2D eigenvalue weighted by Gasteiger charge is -2.10. The fraction of sp³-hybridized carbons (Fsp3) is 0.222. The third-order valence-electron chi connectivity index (χ3n) is 3.59. The number of aryl methyl sites for hydroxylation is 2. The molecule has 4 nitrogen and oxygen atoms in total. The van der Waals surface area contributed by atoms with Crippen molar-refractivity contribution in [2.24, 2.45) is 0 Å². The van der Waals surface area contributed by atoms with Gasteiger partial charge in [0, 0.05) is 11.4 Å². The van der Waals surface area contributed by atoms with Gasteiger partial charge >= 0.3 is 6.18 Å². The van der Waals surface area contributed by atoms with Crippen molar-refractivity contribution in [1.82, 2.24) is 0 Å². The number of benzene rings is 2. The van der Waals surface area contributed by atoms with Crippen molar-refractivity contribution in [2.75, 3.05) is 10.6 Å². The molecule has 0 radical (unpaired) electrons. The Morgan fingerprint density at radius 2 is 1.48 bits per heavy atom. The second kappa shape index (κ2) is 7.38. The number of rotatable bonds is 4. The van der Waals surface area contributed by atoms with Crippen LogP contribution < -0.4 is 10.6 Å². The number of hydrogen-bond donors (Lipinski definition) is 2. The molecule has 2 aromatic rings. The molecule has 0 spiro atoms. The zero-order chi connectivity index (χ0) is 18.6. The zero-order valence-electron chi connectivity index (χ0n) is 13.7. The summed E-state index contributed by atoms with van der Waals surface area (Å²) in [5, 5.41) is 4.87. The fourth-order valence-corrected chi connectivity index (χ4v) is 2.15. The quantitative estimate of drug-likeness (QED) is 0.808. The highest BCUT2D eigenvalue weighted by molar-refractivity contribution is 6.08. The van der Waals surface area contributed by atoms with E-state index in [1.54, 1.807) is 12.1 Å². The van der Waals surface area contributed by atoms with Crippen molar-refractivity contribution < 1.29 is 22.8 Å². The molecule has 2 N–H and O–H groups in total. The van der Waals surface area contributed by atoms with Crippen LogP contribution in [-0.2, 0) is 15.8 Å². The Kier molecular flexibility index (Phi) is 5.46. The minimum Gasteiger partial charge on any atom is -0.326 e. The Balaban J connectivity index is 1.95. The third-order valence-corrected chi connectivity index (χ3v) is 3.59. The highest BCUT2D eigenvalue weighted by Crippen LogP contribution is 2.30. The number of anilines is 2. The second-order valence-corrected chi connectivity index (χ2v) is 5.65. The van der Waals surface area contributed by atoms with Gasteiger partial charge in [-0.25, -0.2) is 0 Å². The largest absolute Gasteiger partial charge is 0.416 e. The molecule has 2 aromatic carbocycles. The molecule has 0 atom stereocenters. The molecule has 0 aliphatic heterocycles. The molecule has 0 fully saturated rings. The smallest absolute Gasteiger partial charge is 0.326 e. The monoisotopic (exact) mass is 350 g/mol. The highest BCUT2D eigenvalue weighted by atomic mass is 19.4. The topological polar surface area (TPSA) is 58.2 Å². The molecule has 0 aliphatic carbocycles. The Morgan fingerprint density at radius 1 is 0.880 bits per heavy atom. The van der Waals surface area contributed by atoms with E-state index in [0.717, 1.165) is 23.3 Å². The lowest BCUT2D eigenvalue weighted by molar-refractivity contribution is -0.137. The molecule has 132 valence electrons. The first-order chi connectivity index (χ1) is 11.6. The number of amides is 2. The predicted molar refractivity (Wildman–Crippen MR) is 89.2 cm³/mol. The van der Waals surface area contributed by atoms with Gasteiger partial charge in [-0.2, -0.15) is 13.2 Å². The molecule has 0 bridgehead atoms. The summed E-state index contributed by atoms with van der Waals surface area (Å²) in [5.74, 6) is -1.24. The van der Waals surface area contributed by atoms with E-state index in [4.69, 9.17) is 0 Å². The van der Waals surface area contributed by atoms with Crippen LogP contribution in [0.15, 0.2) is 42.5 Å². The number of carbonyl (C=O) groups is 2. The SMILES string of the molecule is Cc1ccc(NC(=O)CC(=O)Nc2cccc(C(F)(F)F)c2)cc1C. The number of alkyl halides is 3. The van der Waals surface area contributed by atoms with Gasteiger partial charge < -0.3 is 10.6 Å². The molecule has 2 rings (SSSR count). The molecule has 7 heteroatoms. The van der Waals surface area contributed by atoms with Gasteiger partial charge in [0.1, 0.15) is 6.42 Å². The van der Waals surface area contributed by atoms with Crippen molar-refractivity contribution in [3.05, 3.63) is 59.2 Å². The standard InChI is InChI=1S/C18H17F3N2O2/c1-11-6-7-15(8-12(11)2)23-17(25)10-16(24)22-14-5-3-4-13(9-14)18(19,20)21/h3-9H,10H2,1-2H3,(H,22,24)(H,23,25). The molecular weight excluding hydrogens is 333 g/mol. The summed E-state index contributed by atoms with van der Waals surface area (Å²) < 4.78 is 37.9. The van der Waals surface area contributed by atoms with Gasteiger partial charge in [0.2, 0.25) is 11.8 Å². The lowest BCUT2D eigenvalue weighted by Crippen LogP contribution is -2.21. The van der Waals surface area contributed by atoms with E-state index in [2.05, 4.69) is 10.6 Å². The minimum absolute atomic E-state index is 0.0150. The molecule has 0 saturated heterocycles. The van der Waals surface area contributed by atoms with Crippen LogP contribution in [0.25, 0.3) is 0 Å². The second-order valence-electron chi connectivity index (χ2n) is 5.65. The Morgan fingerprint density at radius 3 is 2.04 bits per heavy atom. The number of carbonyl (C=O) groups excluding carboxylic acids is 2. The minimum atomic E-state index is -4.50. The van der Waals surface area contributed by atoms with E-state index in [0.29, 0.717) is 5.69 Å². The average molecular weight is 350 g/mol.